The number of nitrogens with one attached hydrogen (secondary N) is 1. The second-order valence-electron chi connectivity index (χ2n) is 4.37. The molecule has 0 aliphatic carbocycles. The van der Waals surface area contributed by atoms with Crippen LogP contribution >= 0.6 is 0 Å². The Labute approximate surface area is 98.3 Å². The summed E-state index contributed by atoms with van der Waals surface area (Å²) in [4.78, 5) is 31.2. The number of hydrogen-bond donors (Lipinski definition) is 2. The summed E-state index contributed by atoms with van der Waals surface area (Å²) in [5.74, 6) is -0.692. The third-order valence-corrected chi connectivity index (χ3v) is 3.22. The van der Waals surface area contributed by atoms with Crippen molar-refractivity contribution in [3.8, 4) is 0 Å². The van der Waals surface area contributed by atoms with Crippen LogP contribution in [-0.2, 0) is 4.79 Å². The van der Waals surface area contributed by atoms with Crippen molar-refractivity contribution in [1.82, 2.24) is 9.97 Å². The van der Waals surface area contributed by atoms with Crippen LogP contribution in [0.5, 0.6) is 0 Å². The molecule has 1 atom stereocenters. The number of nitrogens with zero attached hydrogens (tertiary/aromatic N) is 2. The number of aromatic amines is 1. The van der Waals surface area contributed by atoms with Gasteiger partial charge in [0, 0.05) is 24.3 Å². The fourth-order valence-electron chi connectivity index (χ4n) is 1.93. The average molecular weight is 237 g/mol. The number of aliphatic carboxylic acids is 1. The molecule has 2 rings (SSSR count). The zero-order chi connectivity index (χ0) is 12.6. The van der Waals surface area contributed by atoms with Crippen molar-refractivity contribution < 1.29 is 9.90 Å². The highest BCUT2D eigenvalue weighted by atomic mass is 16.4. The summed E-state index contributed by atoms with van der Waals surface area (Å²) < 4.78 is 0. The molecular formula is C11H15N3O3. The second kappa shape index (κ2) is 4.20. The minimum absolute atomic E-state index is 0.161. The smallest absolute Gasteiger partial charge is 0.308 e. The summed E-state index contributed by atoms with van der Waals surface area (Å²) in [7, 11) is 0. The van der Waals surface area contributed by atoms with Gasteiger partial charge in [0.2, 0.25) is 5.95 Å². The van der Waals surface area contributed by atoms with Crippen molar-refractivity contribution in [2.45, 2.75) is 20.3 Å². The number of carboxylic acids is 1. The van der Waals surface area contributed by atoms with Crippen LogP contribution in [0.3, 0.4) is 0 Å². The minimum atomic E-state index is -0.793. The van der Waals surface area contributed by atoms with Crippen molar-refractivity contribution in [2.24, 2.45) is 5.92 Å². The van der Waals surface area contributed by atoms with E-state index in [0.717, 1.165) is 0 Å². The lowest BCUT2D eigenvalue weighted by Crippen LogP contribution is -2.27. The Kier molecular flexibility index (Phi) is 2.87. The summed E-state index contributed by atoms with van der Waals surface area (Å²) in [5.41, 5.74) is 1.12. The molecule has 1 aromatic heterocycles. The molecule has 92 valence electrons. The Hall–Kier alpha value is -1.85. The van der Waals surface area contributed by atoms with E-state index in [2.05, 4.69) is 9.97 Å². The van der Waals surface area contributed by atoms with E-state index < -0.39 is 5.97 Å². The predicted molar refractivity (Wildman–Crippen MR) is 62.3 cm³/mol. The Morgan fingerprint density at radius 2 is 2.24 bits per heavy atom. The number of H-pyrrole nitrogens is 1. The quantitative estimate of drug-likeness (QED) is 0.772. The maximum atomic E-state index is 11.6. The van der Waals surface area contributed by atoms with Gasteiger partial charge in [0.15, 0.2) is 0 Å². The van der Waals surface area contributed by atoms with E-state index in [4.69, 9.17) is 5.11 Å². The van der Waals surface area contributed by atoms with Crippen molar-refractivity contribution in [1.29, 1.82) is 0 Å². The number of aromatic nitrogens is 2. The van der Waals surface area contributed by atoms with Crippen molar-refractivity contribution >= 4 is 11.9 Å². The molecule has 2 N–H and O–H groups in total. The van der Waals surface area contributed by atoms with Crippen LogP contribution in [0.15, 0.2) is 4.79 Å². The molecule has 0 radical (unpaired) electrons. The number of rotatable bonds is 2. The zero-order valence-corrected chi connectivity index (χ0v) is 9.86. The normalized spacial score (nSPS) is 19.6. The molecule has 0 unspecified atom stereocenters. The van der Waals surface area contributed by atoms with E-state index in [1.807, 2.05) is 4.90 Å². The first kappa shape index (κ1) is 11.6. The van der Waals surface area contributed by atoms with Gasteiger partial charge in [0.25, 0.3) is 5.56 Å². The number of anilines is 1. The zero-order valence-electron chi connectivity index (χ0n) is 9.86. The molecule has 1 aliphatic heterocycles. The Bertz CT molecular complexity index is 509. The molecule has 6 nitrogen and oxygen atoms in total. The minimum Gasteiger partial charge on any atom is -0.481 e. The van der Waals surface area contributed by atoms with Crippen LogP contribution in [0.2, 0.25) is 0 Å². The maximum Gasteiger partial charge on any atom is 0.308 e. The van der Waals surface area contributed by atoms with Crippen molar-refractivity contribution in [3.63, 3.8) is 0 Å². The summed E-state index contributed by atoms with van der Waals surface area (Å²) in [6.45, 7) is 4.51. The summed E-state index contributed by atoms with van der Waals surface area (Å²) in [5, 5.41) is 8.91. The van der Waals surface area contributed by atoms with Crippen LogP contribution in [0, 0.1) is 19.8 Å². The van der Waals surface area contributed by atoms with Crippen molar-refractivity contribution in [2.75, 3.05) is 18.0 Å². The summed E-state index contributed by atoms with van der Waals surface area (Å²) in [6.07, 6.45) is 0.589. The van der Waals surface area contributed by atoms with E-state index in [9.17, 15) is 9.59 Å². The molecule has 1 aliphatic rings. The lowest BCUT2D eigenvalue weighted by molar-refractivity contribution is -0.140. The third-order valence-electron chi connectivity index (χ3n) is 3.22. The van der Waals surface area contributed by atoms with Gasteiger partial charge in [-0.05, 0) is 20.3 Å². The number of carboxylic acid groups (broad SMARTS) is 1. The number of hydrogen-bond acceptors (Lipinski definition) is 4. The number of carbonyl (C=O) groups is 1. The van der Waals surface area contributed by atoms with E-state index in [1.54, 1.807) is 13.8 Å². The molecule has 1 aromatic rings. The van der Waals surface area contributed by atoms with E-state index >= 15 is 0 Å². The van der Waals surface area contributed by atoms with E-state index in [-0.39, 0.29) is 11.5 Å². The first-order valence-electron chi connectivity index (χ1n) is 5.54. The largest absolute Gasteiger partial charge is 0.481 e. The first-order chi connectivity index (χ1) is 7.99. The second-order valence-corrected chi connectivity index (χ2v) is 4.37. The molecule has 0 amide bonds. The van der Waals surface area contributed by atoms with Gasteiger partial charge in [-0.2, -0.15) is 0 Å². The lowest BCUT2D eigenvalue weighted by Gasteiger charge is -2.16. The van der Waals surface area contributed by atoms with Gasteiger partial charge in [0.1, 0.15) is 0 Å². The molecule has 0 spiro atoms. The monoisotopic (exact) mass is 237 g/mol. The van der Waals surface area contributed by atoms with Gasteiger partial charge in [0.05, 0.1) is 5.92 Å². The lowest BCUT2D eigenvalue weighted by atomic mass is 10.1. The highest BCUT2D eigenvalue weighted by Crippen LogP contribution is 2.20. The topological polar surface area (TPSA) is 86.3 Å². The van der Waals surface area contributed by atoms with Gasteiger partial charge < -0.3 is 10.0 Å². The molecule has 0 saturated carbocycles. The predicted octanol–water partition coefficient (Wildman–Crippen LogP) is 0.298. The van der Waals surface area contributed by atoms with Crippen LogP contribution in [0.1, 0.15) is 17.7 Å². The van der Waals surface area contributed by atoms with Crippen LogP contribution in [0.25, 0.3) is 0 Å². The SMILES string of the molecule is Cc1nc(N2CC[C@H](C(=O)O)C2)[nH]c(=O)c1C. The van der Waals surface area contributed by atoms with Gasteiger partial charge >= 0.3 is 5.97 Å². The third kappa shape index (κ3) is 2.15. The van der Waals surface area contributed by atoms with Crippen molar-refractivity contribution in [3.05, 3.63) is 21.6 Å². The molecule has 1 saturated heterocycles. The van der Waals surface area contributed by atoms with Crippen LogP contribution < -0.4 is 10.5 Å². The van der Waals surface area contributed by atoms with Gasteiger partial charge in [-0.15, -0.1) is 0 Å². The maximum absolute atomic E-state index is 11.6. The van der Waals surface area contributed by atoms with Gasteiger partial charge in [-0.1, -0.05) is 0 Å². The molecule has 1 fully saturated rings. The summed E-state index contributed by atoms with van der Waals surface area (Å²) >= 11 is 0. The molecule has 0 aromatic carbocycles. The van der Waals surface area contributed by atoms with Gasteiger partial charge in [-0.3, -0.25) is 14.6 Å². The fraction of sp³-hybridized carbons (Fsp3) is 0.545. The number of aryl methyl sites for hydroxylation is 1. The van der Waals surface area contributed by atoms with E-state index in [0.29, 0.717) is 36.7 Å². The fourth-order valence-corrected chi connectivity index (χ4v) is 1.93. The van der Waals surface area contributed by atoms with E-state index in [1.165, 1.54) is 0 Å². The molecule has 0 bridgehead atoms. The van der Waals surface area contributed by atoms with Gasteiger partial charge in [-0.25, -0.2) is 4.98 Å². The molecule has 2 heterocycles. The standard InChI is InChI=1S/C11H15N3O3/c1-6-7(2)12-11(13-9(6)15)14-4-3-8(5-14)10(16)17/h8H,3-5H2,1-2H3,(H,16,17)(H,12,13,15)/t8-/m0/s1. The highest BCUT2D eigenvalue weighted by Gasteiger charge is 2.29. The first-order valence-corrected chi connectivity index (χ1v) is 5.54. The van der Waals surface area contributed by atoms with Crippen LogP contribution in [-0.4, -0.2) is 34.1 Å². The average Bonchev–Trinajstić information content (AvgIpc) is 2.74. The summed E-state index contributed by atoms with van der Waals surface area (Å²) in [6, 6.07) is 0. The van der Waals surface area contributed by atoms with Crippen LogP contribution in [0.4, 0.5) is 5.95 Å². The molecule has 17 heavy (non-hydrogen) atoms. The molecular weight excluding hydrogens is 222 g/mol. The highest BCUT2D eigenvalue weighted by molar-refractivity contribution is 5.71. The molecule has 6 heteroatoms. The Morgan fingerprint density at radius 1 is 1.53 bits per heavy atom. The Morgan fingerprint density at radius 3 is 2.76 bits per heavy atom. The Balaban J connectivity index is 2.25.